The van der Waals surface area contributed by atoms with Crippen molar-refractivity contribution in [3.05, 3.63) is 53.6 Å². The van der Waals surface area contributed by atoms with Gasteiger partial charge in [0.25, 0.3) is 5.91 Å². The molecule has 1 amide bonds. The molecule has 1 atom stereocenters. The molecule has 2 aromatic carbocycles. The SMILES string of the molecule is CCc1ccccc1NC(=O)[C@@H]1CN(S(C)(=O)=O)c2cc(C)ccc2O1. The highest BCUT2D eigenvalue weighted by molar-refractivity contribution is 7.92. The van der Waals surface area contributed by atoms with Gasteiger partial charge in [-0.25, -0.2) is 8.42 Å². The number of para-hydroxylation sites is 1. The molecule has 3 rings (SSSR count). The lowest BCUT2D eigenvalue weighted by molar-refractivity contribution is -0.122. The summed E-state index contributed by atoms with van der Waals surface area (Å²) in [5.41, 5.74) is 3.10. The van der Waals surface area contributed by atoms with Gasteiger partial charge in [-0.1, -0.05) is 31.2 Å². The van der Waals surface area contributed by atoms with E-state index in [9.17, 15) is 13.2 Å². The summed E-state index contributed by atoms with van der Waals surface area (Å²) in [6.45, 7) is 3.82. The second-order valence-electron chi connectivity index (χ2n) is 6.37. The first-order chi connectivity index (χ1) is 12.3. The van der Waals surface area contributed by atoms with Crippen LogP contribution in [0.2, 0.25) is 0 Å². The molecule has 0 fully saturated rings. The maximum Gasteiger partial charge on any atom is 0.267 e. The first kappa shape index (κ1) is 18.3. The van der Waals surface area contributed by atoms with Gasteiger partial charge in [-0.15, -0.1) is 0 Å². The van der Waals surface area contributed by atoms with Crippen LogP contribution in [-0.2, 0) is 21.2 Å². The Morgan fingerprint density at radius 1 is 1.27 bits per heavy atom. The van der Waals surface area contributed by atoms with Gasteiger partial charge < -0.3 is 10.1 Å². The molecular weight excluding hydrogens is 352 g/mol. The summed E-state index contributed by atoms with van der Waals surface area (Å²) in [6.07, 6.45) is 0.982. The fraction of sp³-hybridized carbons (Fsp3) is 0.316. The van der Waals surface area contributed by atoms with Crippen LogP contribution in [0.1, 0.15) is 18.1 Å². The molecule has 2 aromatic rings. The van der Waals surface area contributed by atoms with Crippen molar-refractivity contribution in [2.45, 2.75) is 26.4 Å². The number of benzene rings is 2. The van der Waals surface area contributed by atoms with E-state index in [1.807, 2.05) is 44.2 Å². The molecule has 0 bridgehead atoms. The molecule has 1 N–H and O–H groups in total. The number of amides is 1. The number of nitrogens with one attached hydrogen (secondary N) is 1. The summed E-state index contributed by atoms with van der Waals surface area (Å²) in [4.78, 5) is 12.7. The van der Waals surface area contributed by atoms with E-state index in [0.29, 0.717) is 17.1 Å². The molecule has 7 heteroatoms. The fourth-order valence-corrected chi connectivity index (χ4v) is 3.88. The lowest BCUT2D eigenvalue weighted by Crippen LogP contribution is -2.48. The zero-order chi connectivity index (χ0) is 18.9. The molecule has 26 heavy (non-hydrogen) atoms. The van der Waals surface area contributed by atoms with Crippen molar-refractivity contribution >= 4 is 27.3 Å². The number of hydrogen-bond donors (Lipinski definition) is 1. The van der Waals surface area contributed by atoms with Crippen LogP contribution >= 0.6 is 0 Å². The molecule has 1 aliphatic rings. The predicted octanol–water partition coefficient (Wildman–Crippen LogP) is 2.72. The van der Waals surface area contributed by atoms with Gasteiger partial charge in [0.05, 0.1) is 18.5 Å². The van der Waals surface area contributed by atoms with Gasteiger partial charge in [0.1, 0.15) is 5.75 Å². The highest BCUT2D eigenvalue weighted by Gasteiger charge is 2.35. The van der Waals surface area contributed by atoms with Gasteiger partial charge in [-0.2, -0.15) is 0 Å². The highest BCUT2D eigenvalue weighted by atomic mass is 32.2. The zero-order valence-corrected chi connectivity index (χ0v) is 15.8. The summed E-state index contributed by atoms with van der Waals surface area (Å²) in [7, 11) is -3.53. The first-order valence-electron chi connectivity index (χ1n) is 8.43. The Balaban J connectivity index is 1.90. The summed E-state index contributed by atoms with van der Waals surface area (Å²) < 4.78 is 31.5. The van der Waals surface area contributed by atoms with Crippen LogP contribution < -0.4 is 14.4 Å². The van der Waals surface area contributed by atoms with Crippen molar-refractivity contribution in [1.82, 2.24) is 0 Å². The van der Waals surface area contributed by atoms with E-state index in [0.717, 1.165) is 23.8 Å². The molecule has 1 heterocycles. The Kier molecular flexibility index (Phi) is 4.91. The lowest BCUT2D eigenvalue weighted by atomic mass is 10.1. The average Bonchev–Trinajstić information content (AvgIpc) is 2.60. The summed E-state index contributed by atoms with van der Waals surface area (Å²) in [5.74, 6) is 0.0157. The van der Waals surface area contributed by atoms with E-state index in [1.54, 1.807) is 12.1 Å². The van der Waals surface area contributed by atoms with Crippen LogP contribution in [0.25, 0.3) is 0 Å². The highest BCUT2D eigenvalue weighted by Crippen LogP contribution is 2.36. The minimum Gasteiger partial charge on any atom is -0.476 e. The van der Waals surface area contributed by atoms with Crippen LogP contribution in [-0.4, -0.2) is 33.2 Å². The molecule has 0 saturated heterocycles. The molecule has 6 nitrogen and oxygen atoms in total. The predicted molar refractivity (Wildman–Crippen MR) is 102 cm³/mol. The van der Waals surface area contributed by atoms with Crippen LogP contribution in [0, 0.1) is 6.92 Å². The van der Waals surface area contributed by atoms with E-state index >= 15 is 0 Å². The van der Waals surface area contributed by atoms with E-state index in [1.165, 1.54) is 4.31 Å². The Morgan fingerprint density at radius 3 is 2.69 bits per heavy atom. The maximum atomic E-state index is 12.7. The Labute approximate surface area is 153 Å². The first-order valence-corrected chi connectivity index (χ1v) is 10.3. The molecule has 0 aliphatic carbocycles. The number of aryl methyl sites for hydroxylation is 2. The van der Waals surface area contributed by atoms with Crippen molar-refractivity contribution in [2.24, 2.45) is 0 Å². The number of fused-ring (bicyclic) bond motifs is 1. The quantitative estimate of drug-likeness (QED) is 0.893. The van der Waals surface area contributed by atoms with Crippen molar-refractivity contribution in [3.8, 4) is 5.75 Å². The van der Waals surface area contributed by atoms with Gasteiger partial charge >= 0.3 is 0 Å². The van der Waals surface area contributed by atoms with Crippen LogP contribution in [0.4, 0.5) is 11.4 Å². The molecule has 0 saturated carbocycles. The second kappa shape index (κ2) is 6.99. The topological polar surface area (TPSA) is 75.7 Å². The van der Waals surface area contributed by atoms with Gasteiger partial charge in [0, 0.05) is 5.69 Å². The third kappa shape index (κ3) is 3.67. The fourth-order valence-electron chi connectivity index (χ4n) is 2.98. The van der Waals surface area contributed by atoms with E-state index in [-0.39, 0.29) is 12.5 Å². The van der Waals surface area contributed by atoms with Crippen molar-refractivity contribution in [2.75, 3.05) is 22.4 Å². The number of carbonyl (C=O) groups excluding carboxylic acids is 1. The van der Waals surface area contributed by atoms with Crippen LogP contribution in [0.3, 0.4) is 0 Å². The number of sulfonamides is 1. The second-order valence-corrected chi connectivity index (χ2v) is 8.28. The smallest absolute Gasteiger partial charge is 0.267 e. The third-order valence-corrected chi connectivity index (χ3v) is 5.48. The summed E-state index contributed by atoms with van der Waals surface area (Å²) >= 11 is 0. The normalized spacial score (nSPS) is 16.6. The van der Waals surface area contributed by atoms with Crippen molar-refractivity contribution in [1.29, 1.82) is 0 Å². The molecule has 1 aliphatic heterocycles. The Hall–Kier alpha value is -2.54. The Morgan fingerprint density at radius 2 is 2.00 bits per heavy atom. The van der Waals surface area contributed by atoms with Gasteiger partial charge in [-0.05, 0) is 42.7 Å². The number of carbonyl (C=O) groups is 1. The van der Waals surface area contributed by atoms with Crippen molar-refractivity contribution in [3.63, 3.8) is 0 Å². The monoisotopic (exact) mass is 374 g/mol. The van der Waals surface area contributed by atoms with Gasteiger partial charge in [0.2, 0.25) is 10.0 Å². The van der Waals surface area contributed by atoms with Gasteiger partial charge in [0.15, 0.2) is 6.10 Å². The van der Waals surface area contributed by atoms with E-state index in [2.05, 4.69) is 5.32 Å². The van der Waals surface area contributed by atoms with E-state index < -0.39 is 16.1 Å². The minimum absolute atomic E-state index is 0.0601. The molecule has 0 spiro atoms. The lowest BCUT2D eigenvalue weighted by Gasteiger charge is -2.34. The standard InChI is InChI=1S/C19H22N2O4S/c1-4-14-7-5-6-8-15(14)20-19(22)18-12-21(26(3,23)24)16-11-13(2)9-10-17(16)25-18/h5-11,18H,4,12H2,1-3H3,(H,20,22)/t18-/m0/s1. The number of rotatable bonds is 4. The Bertz CT molecular complexity index is 940. The van der Waals surface area contributed by atoms with Crippen molar-refractivity contribution < 1.29 is 17.9 Å². The summed E-state index contributed by atoms with van der Waals surface area (Å²) in [6, 6.07) is 12.8. The number of ether oxygens (including phenoxy) is 1. The minimum atomic E-state index is -3.53. The largest absolute Gasteiger partial charge is 0.476 e. The zero-order valence-electron chi connectivity index (χ0n) is 15.0. The summed E-state index contributed by atoms with van der Waals surface area (Å²) in [5, 5.41) is 2.86. The average molecular weight is 374 g/mol. The van der Waals surface area contributed by atoms with Crippen LogP contribution in [0.5, 0.6) is 5.75 Å². The van der Waals surface area contributed by atoms with E-state index in [4.69, 9.17) is 4.74 Å². The molecular formula is C19H22N2O4S. The molecule has 0 radical (unpaired) electrons. The molecule has 0 unspecified atom stereocenters. The molecule has 0 aromatic heterocycles. The number of nitrogens with zero attached hydrogens (tertiary/aromatic N) is 1. The third-order valence-electron chi connectivity index (χ3n) is 4.33. The van der Waals surface area contributed by atoms with Gasteiger partial charge in [-0.3, -0.25) is 9.10 Å². The maximum absolute atomic E-state index is 12.7. The van der Waals surface area contributed by atoms with Crippen LogP contribution in [0.15, 0.2) is 42.5 Å². The number of anilines is 2. The number of hydrogen-bond acceptors (Lipinski definition) is 4. The molecule has 138 valence electrons.